The highest BCUT2D eigenvalue weighted by Crippen LogP contribution is 2.29. The zero-order valence-corrected chi connectivity index (χ0v) is 12.1. The Morgan fingerprint density at radius 3 is 2.71 bits per heavy atom. The van der Waals surface area contributed by atoms with Crippen LogP contribution in [-0.4, -0.2) is 9.97 Å². The Morgan fingerprint density at radius 2 is 2.00 bits per heavy atom. The summed E-state index contributed by atoms with van der Waals surface area (Å²) in [6.45, 7) is 0. The maximum absolute atomic E-state index is 13.3. The maximum Gasteiger partial charge on any atom is 0.237 e. The molecule has 0 spiro atoms. The van der Waals surface area contributed by atoms with Crippen molar-refractivity contribution in [3.8, 4) is 11.6 Å². The van der Waals surface area contributed by atoms with Gasteiger partial charge in [0.1, 0.15) is 11.6 Å². The Kier molecular flexibility index (Phi) is 3.96. The van der Waals surface area contributed by atoms with Crippen LogP contribution in [0.25, 0.3) is 0 Å². The first-order chi connectivity index (χ1) is 8.06. The molecule has 1 heterocycles. The molecular weight excluding hydrogens is 378 g/mol. The first-order valence-corrected chi connectivity index (χ1v) is 6.33. The zero-order valence-electron chi connectivity index (χ0n) is 8.12. The summed E-state index contributed by atoms with van der Waals surface area (Å²) in [5.41, 5.74) is 0. The Balaban J connectivity index is 2.31. The Hall–Kier alpha value is -0.720. The standard InChI is InChI=1S/C10H4Br2ClFN2O/c11-6-2-1-5(3-8(6)14)17-9-7(12)4-15-10(13)16-9/h1-4H. The fraction of sp³-hybridized carbons (Fsp3) is 0. The van der Waals surface area contributed by atoms with Crippen LogP contribution in [0, 0.1) is 5.82 Å². The highest BCUT2D eigenvalue weighted by atomic mass is 79.9. The van der Waals surface area contributed by atoms with Crippen molar-refractivity contribution in [2.24, 2.45) is 0 Å². The van der Waals surface area contributed by atoms with Crippen molar-refractivity contribution < 1.29 is 9.13 Å². The summed E-state index contributed by atoms with van der Waals surface area (Å²) in [6, 6.07) is 4.39. The van der Waals surface area contributed by atoms with Gasteiger partial charge in [-0.3, -0.25) is 0 Å². The van der Waals surface area contributed by atoms with Crippen LogP contribution < -0.4 is 4.74 Å². The van der Waals surface area contributed by atoms with Gasteiger partial charge in [0.05, 0.1) is 8.95 Å². The van der Waals surface area contributed by atoms with Crippen LogP contribution in [0.15, 0.2) is 33.3 Å². The Bertz CT molecular complexity index is 568. The molecule has 0 unspecified atom stereocenters. The van der Waals surface area contributed by atoms with Crippen LogP contribution >= 0.6 is 43.5 Å². The van der Waals surface area contributed by atoms with E-state index in [2.05, 4.69) is 41.8 Å². The van der Waals surface area contributed by atoms with Crippen molar-refractivity contribution in [2.45, 2.75) is 0 Å². The van der Waals surface area contributed by atoms with Gasteiger partial charge in [-0.25, -0.2) is 9.37 Å². The lowest BCUT2D eigenvalue weighted by Gasteiger charge is -2.06. The van der Waals surface area contributed by atoms with E-state index in [0.717, 1.165) is 0 Å². The highest BCUT2D eigenvalue weighted by molar-refractivity contribution is 9.10. The molecule has 2 rings (SSSR count). The van der Waals surface area contributed by atoms with E-state index in [0.29, 0.717) is 14.7 Å². The van der Waals surface area contributed by atoms with E-state index < -0.39 is 5.82 Å². The predicted octanol–water partition coefficient (Wildman–Crippen LogP) is 4.59. The zero-order chi connectivity index (χ0) is 12.4. The van der Waals surface area contributed by atoms with Gasteiger partial charge in [0.2, 0.25) is 11.2 Å². The molecule has 0 aliphatic carbocycles. The van der Waals surface area contributed by atoms with Crippen molar-refractivity contribution in [3.63, 3.8) is 0 Å². The Labute approximate surface area is 118 Å². The summed E-state index contributed by atoms with van der Waals surface area (Å²) >= 11 is 11.9. The number of ether oxygens (including phenoxy) is 1. The lowest BCUT2D eigenvalue weighted by molar-refractivity contribution is 0.453. The van der Waals surface area contributed by atoms with Gasteiger partial charge in [0, 0.05) is 12.3 Å². The molecule has 0 aliphatic rings. The second-order valence-corrected chi connectivity index (χ2v) is 5.02. The number of benzene rings is 1. The van der Waals surface area contributed by atoms with E-state index in [1.807, 2.05) is 0 Å². The monoisotopic (exact) mass is 380 g/mol. The van der Waals surface area contributed by atoms with Crippen LogP contribution in [-0.2, 0) is 0 Å². The van der Waals surface area contributed by atoms with Crippen LogP contribution in [0.3, 0.4) is 0 Å². The quantitative estimate of drug-likeness (QED) is 0.713. The van der Waals surface area contributed by atoms with E-state index in [1.165, 1.54) is 12.3 Å². The van der Waals surface area contributed by atoms with Gasteiger partial charge in [0.25, 0.3) is 0 Å². The van der Waals surface area contributed by atoms with Gasteiger partial charge in [-0.2, -0.15) is 4.98 Å². The molecule has 0 fully saturated rings. The van der Waals surface area contributed by atoms with Crippen LogP contribution in [0.5, 0.6) is 11.6 Å². The molecule has 2 aromatic rings. The summed E-state index contributed by atoms with van der Waals surface area (Å²) in [5.74, 6) is 0.131. The summed E-state index contributed by atoms with van der Waals surface area (Å²) in [5, 5.41) is 0.0563. The minimum Gasteiger partial charge on any atom is -0.438 e. The van der Waals surface area contributed by atoms with Gasteiger partial charge in [-0.15, -0.1) is 0 Å². The smallest absolute Gasteiger partial charge is 0.237 e. The number of hydrogen-bond acceptors (Lipinski definition) is 3. The molecule has 1 aromatic carbocycles. The van der Waals surface area contributed by atoms with Crippen molar-refractivity contribution in [1.29, 1.82) is 0 Å². The largest absolute Gasteiger partial charge is 0.438 e. The Morgan fingerprint density at radius 1 is 1.24 bits per heavy atom. The third-order valence-corrected chi connectivity index (χ3v) is 3.16. The summed E-state index contributed by atoms with van der Waals surface area (Å²) in [7, 11) is 0. The van der Waals surface area contributed by atoms with Crippen LogP contribution in [0.4, 0.5) is 4.39 Å². The molecule has 0 N–H and O–H groups in total. The highest BCUT2D eigenvalue weighted by Gasteiger charge is 2.08. The fourth-order valence-electron chi connectivity index (χ4n) is 1.05. The van der Waals surface area contributed by atoms with Crippen LogP contribution in [0.1, 0.15) is 0 Å². The normalized spacial score (nSPS) is 10.4. The van der Waals surface area contributed by atoms with Crippen molar-refractivity contribution in [1.82, 2.24) is 9.97 Å². The molecule has 17 heavy (non-hydrogen) atoms. The number of nitrogens with zero attached hydrogens (tertiary/aromatic N) is 2. The molecule has 0 saturated heterocycles. The molecule has 0 aliphatic heterocycles. The van der Waals surface area contributed by atoms with Crippen molar-refractivity contribution in [3.05, 3.63) is 44.4 Å². The van der Waals surface area contributed by atoms with Crippen molar-refractivity contribution >= 4 is 43.5 Å². The third kappa shape index (κ3) is 3.14. The molecule has 0 radical (unpaired) electrons. The van der Waals surface area contributed by atoms with Gasteiger partial charge < -0.3 is 4.74 Å². The molecule has 0 bridgehead atoms. The van der Waals surface area contributed by atoms with Crippen LogP contribution in [0.2, 0.25) is 5.28 Å². The molecule has 88 valence electrons. The van der Waals surface area contributed by atoms with Gasteiger partial charge in [-0.05, 0) is 55.6 Å². The molecular formula is C10H4Br2ClFN2O. The van der Waals surface area contributed by atoms with E-state index in [9.17, 15) is 4.39 Å². The SMILES string of the molecule is Fc1cc(Oc2nc(Cl)ncc2Br)ccc1Br. The number of hydrogen-bond donors (Lipinski definition) is 0. The summed E-state index contributed by atoms with van der Waals surface area (Å²) in [6.07, 6.45) is 1.46. The van der Waals surface area contributed by atoms with Crippen molar-refractivity contribution in [2.75, 3.05) is 0 Å². The van der Waals surface area contributed by atoms with Gasteiger partial charge >= 0.3 is 0 Å². The molecule has 1 aromatic heterocycles. The third-order valence-electron chi connectivity index (χ3n) is 1.79. The molecule has 0 atom stereocenters. The lowest BCUT2D eigenvalue weighted by atomic mass is 10.3. The molecule has 7 heteroatoms. The topological polar surface area (TPSA) is 35.0 Å². The van der Waals surface area contributed by atoms with E-state index >= 15 is 0 Å². The van der Waals surface area contributed by atoms with E-state index in [1.54, 1.807) is 12.1 Å². The van der Waals surface area contributed by atoms with E-state index in [4.69, 9.17) is 16.3 Å². The molecule has 3 nitrogen and oxygen atoms in total. The fourth-order valence-corrected chi connectivity index (χ4v) is 1.70. The number of halogens is 4. The average Bonchev–Trinajstić information content (AvgIpc) is 2.29. The molecule has 0 amide bonds. The maximum atomic E-state index is 13.3. The van der Waals surface area contributed by atoms with Gasteiger partial charge in [0.15, 0.2) is 0 Å². The summed E-state index contributed by atoms with van der Waals surface area (Å²) in [4.78, 5) is 7.63. The average molecular weight is 382 g/mol. The number of aromatic nitrogens is 2. The van der Waals surface area contributed by atoms with E-state index in [-0.39, 0.29) is 11.2 Å². The predicted molar refractivity (Wildman–Crippen MR) is 68.9 cm³/mol. The van der Waals surface area contributed by atoms with Gasteiger partial charge in [-0.1, -0.05) is 0 Å². The minimum absolute atomic E-state index is 0.0563. The second kappa shape index (κ2) is 5.29. The number of rotatable bonds is 2. The minimum atomic E-state index is -0.418. The first-order valence-electron chi connectivity index (χ1n) is 4.37. The molecule has 0 saturated carbocycles. The second-order valence-electron chi connectivity index (χ2n) is 2.97. The first kappa shape index (κ1) is 12.7. The lowest BCUT2D eigenvalue weighted by Crippen LogP contribution is -1.92. The summed E-state index contributed by atoms with van der Waals surface area (Å²) < 4.78 is 19.5.